The van der Waals surface area contributed by atoms with Gasteiger partial charge in [-0.3, -0.25) is 9.59 Å². The van der Waals surface area contributed by atoms with Gasteiger partial charge in [0.05, 0.1) is 13.9 Å². The number of hydrogen-bond acceptors (Lipinski definition) is 4. The lowest BCUT2D eigenvalue weighted by Crippen LogP contribution is -2.55. The van der Waals surface area contributed by atoms with Crippen LogP contribution in [-0.2, 0) is 9.59 Å². The lowest BCUT2D eigenvalue weighted by molar-refractivity contribution is -0.144. The van der Waals surface area contributed by atoms with Crippen LogP contribution in [0.4, 0.5) is 0 Å². The summed E-state index contributed by atoms with van der Waals surface area (Å²) >= 11 is 0. The van der Waals surface area contributed by atoms with E-state index >= 15 is 0 Å². The number of carboxylic acids is 1. The minimum Gasteiger partial charge on any atom is -0.480 e. The quantitative estimate of drug-likeness (QED) is 0.520. The molecule has 0 aromatic carbocycles. The van der Waals surface area contributed by atoms with Crippen LogP contribution in [0.1, 0.15) is 13.3 Å². The molecule has 5 N–H and O–H groups in total. The van der Waals surface area contributed by atoms with Crippen molar-refractivity contribution in [3.8, 4) is 0 Å². The molecule has 6 nitrogen and oxygen atoms in total. The summed E-state index contributed by atoms with van der Waals surface area (Å²) in [5.74, 6) is -1.70. The van der Waals surface area contributed by atoms with E-state index in [-0.39, 0.29) is 18.4 Å². The van der Waals surface area contributed by atoms with E-state index in [1.807, 2.05) is 0 Å². The molecule has 94 valence electrons. The summed E-state index contributed by atoms with van der Waals surface area (Å²) in [6.45, 7) is 1.87. The number of likely N-dealkylation sites (tertiary alicyclic amines) is 1. The summed E-state index contributed by atoms with van der Waals surface area (Å²) in [5, 5.41) is 9.17. The Bertz CT molecular complexity index is 324. The van der Waals surface area contributed by atoms with Crippen molar-refractivity contribution in [3.63, 3.8) is 0 Å². The molecule has 3 atom stereocenters. The van der Waals surface area contributed by atoms with Gasteiger partial charge < -0.3 is 21.5 Å². The minimum atomic E-state index is -1.41. The van der Waals surface area contributed by atoms with Gasteiger partial charge in [0.1, 0.15) is 5.54 Å². The molecule has 0 unspecified atom stereocenters. The van der Waals surface area contributed by atoms with E-state index in [1.54, 1.807) is 6.92 Å². The van der Waals surface area contributed by atoms with Gasteiger partial charge in [0.15, 0.2) is 0 Å². The average molecular weight is 239 g/mol. The molecule has 1 aliphatic rings. The van der Waals surface area contributed by atoms with Crippen molar-refractivity contribution in [2.24, 2.45) is 17.4 Å². The second-order valence-electron chi connectivity index (χ2n) is 4.63. The Morgan fingerprint density at radius 3 is 2.65 bits per heavy atom. The maximum Gasteiger partial charge on any atom is 0.325 e. The van der Waals surface area contributed by atoms with Gasteiger partial charge >= 0.3 is 5.97 Å². The zero-order valence-electron chi connectivity index (χ0n) is 9.93. The zero-order chi connectivity index (χ0) is 13.2. The largest absolute Gasteiger partial charge is 0.480 e. The van der Waals surface area contributed by atoms with Gasteiger partial charge in [0, 0.05) is 19.0 Å². The fourth-order valence-corrected chi connectivity index (χ4v) is 2.19. The first-order chi connectivity index (χ1) is 7.82. The summed E-state index contributed by atoms with van der Waals surface area (Å²) < 4.78 is 0. The van der Waals surface area contributed by atoms with Crippen LogP contribution in [0, 0.1) is 5.92 Å². The van der Waals surface area contributed by atoms with Crippen LogP contribution in [0.5, 0.6) is 0 Å². The van der Waals surface area contributed by atoms with Crippen LogP contribution in [0.3, 0.4) is 0 Å². The zero-order valence-corrected chi connectivity index (χ0v) is 9.93. The normalized spacial score (nSPS) is 30.3. The lowest BCUT2D eigenvalue weighted by Gasteiger charge is -2.25. The smallest absolute Gasteiger partial charge is 0.325 e. The van der Waals surface area contributed by atoms with Crippen molar-refractivity contribution in [1.29, 1.82) is 0 Å². The Labute approximate surface area is 102 Å². The predicted molar refractivity (Wildman–Crippen MR) is 63.5 cm³/mol. The van der Waals surface area contributed by atoms with Crippen LogP contribution < -0.4 is 11.5 Å². The fourth-order valence-electron chi connectivity index (χ4n) is 2.19. The standard InChI is InChI=1S/C10H18BN3O3/c1-6(12)8(15)14-4-7(2-3-11)10(13,5-14)9(16)17/h6-7H,2-5,12-13H2,1H3,(H,16,17)/t6-,7-,10-/m0/s1. The van der Waals surface area contributed by atoms with Crippen molar-refractivity contribution in [2.75, 3.05) is 13.1 Å². The first-order valence-electron chi connectivity index (χ1n) is 5.59. The number of carboxylic acid groups (broad SMARTS) is 1. The van der Waals surface area contributed by atoms with Gasteiger partial charge in [0.2, 0.25) is 5.91 Å². The number of nitrogens with zero attached hydrogens (tertiary/aromatic N) is 1. The molecule has 7 heteroatoms. The van der Waals surface area contributed by atoms with Crippen LogP contribution in [0.2, 0.25) is 6.32 Å². The molecule has 0 saturated carbocycles. The highest BCUT2D eigenvalue weighted by Gasteiger charge is 2.50. The lowest BCUT2D eigenvalue weighted by atomic mass is 9.81. The van der Waals surface area contributed by atoms with Crippen molar-refractivity contribution >= 4 is 19.7 Å². The fraction of sp³-hybridized carbons (Fsp3) is 0.800. The van der Waals surface area contributed by atoms with Crippen LogP contribution in [0.15, 0.2) is 0 Å². The molecule has 0 aliphatic carbocycles. The molecule has 0 aromatic heterocycles. The molecular formula is C10H18BN3O3. The number of rotatable bonds is 4. The van der Waals surface area contributed by atoms with E-state index in [4.69, 9.17) is 19.3 Å². The van der Waals surface area contributed by atoms with Crippen LogP contribution in [0.25, 0.3) is 0 Å². The van der Waals surface area contributed by atoms with E-state index in [0.717, 1.165) is 0 Å². The second-order valence-corrected chi connectivity index (χ2v) is 4.63. The molecule has 1 heterocycles. The first kappa shape index (κ1) is 14.0. The highest BCUT2D eigenvalue weighted by atomic mass is 16.4. The monoisotopic (exact) mass is 239 g/mol. The van der Waals surface area contributed by atoms with Gasteiger partial charge in [-0.25, -0.2) is 0 Å². The molecule has 0 spiro atoms. The number of amides is 1. The van der Waals surface area contributed by atoms with E-state index in [9.17, 15) is 14.7 Å². The summed E-state index contributed by atoms with van der Waals surface area (Å²) in [7, 11) is 5.43. The minimum absolute atomic E-state index is 0.00657. The highest BCUT2D eigenvalue weighted by Crippen LogP contribution is 2.29. The third-order valence-corrected chi connectivity index (χ3v) is 3.24. The van der Waals surface area contributed by atoms with Gasteiger partial charge in [-0.05, 0) is 6.92 Å². The SMILES string of the molecule is [B]CC[C@H]1CN(C(=O)[C@H](C)N)C[C@@]1(N)C(=O)O. The Morgan fingerprint density at radius 1 is 1.65 bits per heavy atom. The third kappa shape index (κ3) is 2.61. The molecular weight excluding hydrogens is 221 g/mol. The summed E-state index contributed by atoms with van der Waals surface area (Å²) in [6, 6.07) is -0.648. The average Bonchev–Trinajstić information content (AvgIpc) is 2.57. The first-order valence-corrected chi connectivity index (χ1v) is 5.59. The summed E-state index contributed by atoms with van der Waals surface area (Å²) in [5.41, 5.74) is 9.95. The molecule has 17 heavy (non-hydrogen) atoms. The summed E-state index contributed by atoms with van der Waals surface area (Å²) in [4.78, 5) is 24.4. The van der Waals surface area contributed by atoms with Crippen molar-refractivity contribution in [2.45, 2.75) is 31.2 Å². The van der Waals surface area contributed by atoms with Crippen LogP contribution >= 0.6 is 0 Å². The molecule has 0 aromatic rings. The molecule has 1 rings (SSSR count). The Balaban J connectivity index is 2.86. The van der Waals surface area contributed by atoms with Crippen molar-refractivity contribution in [1.82, 2.24) is 4.90 Å². The van der Waals surface area contributed by atoms with Gasteiger partial charge in [-0.1, -0.05) is 12.7 Å². The van der Waals surface area contributed by atoms with E-state index < -0.39 is 17.6 Å². The van der Waals surface area contributed by atoms with Crippen molar-refractivity contribution in [3.05, 3.63) is 0 Å². The van der Waals surface area contributed by atoms with Gasteiger partial charge in [0.25, 0.3) is 0 Å². The van der Waals surface area contributed by atoms with Crippen LogP contribution in [-0.4, -0.2) is 54.4 Å². The summed E-state index contributed by atoms with van der Waals surface area (Å²) in [6.07, 6.45) is 0.822. The van der Waals surface area contributed by atoms with Gasteiger partial charge in [-0.2, -0.15) is 0 Å². The molecule has 2 radical (unpaired) electrons. The van der Waals surface area contributed by atoms with Crippen molar-refractivity contribution < 1.29 is 14.7 Å². The molecule has 1 saturated heterocycles. The topological polar surface area (TPSA) is 110 Å². The Kier molecular flexibility index (Phi) is 4.16. The molecule has 0 bridgehead atoms. The number of aliphatic carboxylic acids is 1. The van der Waals surface area contributed by atoms with E-state index in [2.05, 4.69) is 0 Å². The number of carbonyl (C=O) groups is 2. The van der Waals surface area contributed by atoms with E-state index in [1.165, 1.54) is 4.90 Å². The number of nitrogens with two attached hydrogens (primary N) is 2. The maximum absolute atomic E-state index is 11.7. The molecule has 1 fully saturated rings. The number of carbonyl (C=O) groups excluding carboxylic acids is 1. The second kappa shape index (κ2) is 5.06. The van der Waals surface area contributed by atoms with Gasteiger partial charge in [-0.15, -0.1) is 0 Å². The third-order valence-electron chi connectivity index (χ3n) is 3.24. The Morgan fingerprint density at radius 2 is 2.24 bits per heavy atom. The van der Waals surface area contributed by atoms with E-state index in [0.29, 0.717) is 19.3 Å². The molecule has 1 aliphatic heterocycles. The maximum atomic E-state index is 11.7. The predicted octanol–water partition coefficient (Wildman–Crippen LogP) is -1.45. The highest BCUT2D eigenvalue weighted by molar-refractivity contribution is 6.08. The number of hydrogen-bond donors (Lipinski definition) is 3. The Hall–Kier alpha value is -1.08. The molecule has 1 amide bonds.